The first-order valence-electron chi connectivity index (χ1n) is 7.56. The molecule has 20 heavy (non-hydrogen) atoms. The van der Waals surface area contributed by atoms with Crippen LogP contribution in [0.4, 0.5) is 0 Å². The number of benzene rings is 1. The number of fused-ring (bicyclic) bond motifs is 1. The molecule has 1 aliphatic carbocycles. The third-order valence-corrected chi connectivity index (χ3v) is 5.20. The van der Waals surface area contributed by atoms with Crippen LogP contribution in [0, 0.1) is 5.41 Å². The zero-order chi connectivity index (χ0) is 14.4. The first kappa shape index (κ1) is 14.2. The molecule has 0 bridgehead atoms. The third-order valence-electron chi connectivity index (χ3n) is 4.97. The average Bonchev–Trinajstić information content (AvgIpc) is 2.51. The zero-order valence-electron chi connectivity index (χ0n) is 12.3. The van der Waals surface area contributed by atoms with Gasteiger partial charge in [-0.25, -0.2) is 0 Å². The van der Waals surface area contributed by atoms with Crippen molar-refractivity contribution in [3.05, 3.63) is 28.8 Å². The van der Waals surface area contributed by atoms with Gasteiger partial charge in [-0.2, -0.15) is 0 Å². The van der Waals surface area contributed by atoms with E-state index >= 15 is 0 Å². The summed E-state index contributed by atoms with van der Waals surface area (Å²) in [5, 5.41) is 11.1. The number of hydrogen-bond acceptors (Lipinski definition) is 2. The summed E-state index contributed by atoms with van der Waals surface area (Å²) in [5.41, 5.74) is 1.04. The standard InChI is InChI=1S/C17H23ClO2/c1-16(2)6-3-7-17(9-8-16)11-14(19)13-10-12(18)4-5-15(13)20-17/h4-5,10,14,19H,3,6-9,11H2,1-2H3/t14-,17?/m0/s1. The summed E-state index contributed by atoms with van der Waals surface area (Å²) in [6.45, 7) is 4.66. The van der Waals surface area contributed by atoms with E-state index in [1.807, 2.05) is 18.2 Å². The monoisotopic (exact) mass is 294 g/mol. The molecule has 2 aliphatic rings. The maximum absolute atomic E-state index is 10.5. The Morgan fingerprint density at radius 2 is 2.00 bits per heavy atom. The Kier molecular flexibility index (Phi) is 3.50. The third kappa shape index (κ3) is 2.68. The van der Waals surface area contributed by atoms with Crippen molar-refractivity contribution in [3.63, 3.8) is 0 Å². The van der Waals surface area contributed by atoms with Gasteiger partial charge in [0.2, 0.25) is 0 Å². The molecule has 1 spiro atoms. The van der Waals surface area contributed by atoms with Crippen molar-refractivity contribution >= 4 is 11.6 Å². The van der Waals surface area contributed by atoms with Gasteiger partial charge in [-0.3, -0.25) is 0 Å². The lowest BCUT2D eigenvalue weighted by molar-refractivity contribution is -0.0259. The van der Waals surface area contributed by atoms with Crippen LogP contribution in [0.25, 0.3) is 0 Å². The predicted octanol–water partition coefficient (Wildman–Crippen LogP) is 4.89. The number of rotatable bonds is 0. The van der Waals surface area contributed by atoms with E-state index in [4.69, 9.17) is 16.3 Å². The molecular formula is C17H23ClO2. The normalized spacial score (nSPS) is 32.3. The highest BCUT2D eigenvalue weighted by Crippen LogP contribution is 2.48. The highest BCUT2D eigenvalue weighted by atomic mass is 35.5. The summed E-state index contributed by atoms with van der Waals surface area (Å²) in [7, 11) is 0. The van der Waals surface area contributed by atoms with Crippen LogP contribution in [0.3, 0.4) is 0 Å². The first-order chi connectivity index (χ1) is 9.39. The first-order valence-corrected chi connectivity index (χ1v) is 7.94. The molecule has 1 unspecified atom stereocenters. The Balaban J connectivity index is 1.88. The molecule has 3 rings (SSSR count). The van der Waals surface area contributed by atoms with Crippen LogP contribution in [-0.2, 0) is 0 Å². The summed E-state index contributed by atoms with van der Waals surface area (Å²) < 4.78 is 6.34. The number of aliphatic hydroxyl groups excluding tert-OH is 1. The van der Waals surface area contributed by atoms with Crippen LogP contribution < -0.4 is 4.74 Å². The molecule has 1 N–H and O–H groups in total. The Morgan fingerprint density at radius 3 is 2.80 bits per heavy atom. The van der Waals surface area contributed by atoms with E-state index in [0.29, 0.717) is 16.9 Å². The van der Waals surface area contributed by atoms with Crippen molar-refractivity contribution in [3.8, 4) is 5.75 Å². The van der Waals surface area contributed by atoms with Crippen molar-refractivity contribution in [2.45, 2.75) is 64.1 Å². The molecule has 0 amide bonds. The number of ether oxygens (including phenoxy) is 1. The Morgan fingerprint density at radius 1 is 1.20 bits per heavy atom. The molecule has 0 radical (unpaired) electrons. The van der Waals surface area contributed by atoms with Gasteiger partial charge in [0.25, 0.3) is 0 Å². The fourth-order valence-electron chi connectivity index (χ4n) is 3.62. The van der Waals surface area contributed by atoms with Crippen LogP contribution in [0.15, 0.2) is 18.2 Å². The van der Waals surface area contributed by atoms with Gasteiger partial charge in [0.15, 0.2) is 0 Å². The zero-order valence-corrected chi connectivity index (χ0v) is 13.0. The fourth-order valence-corrected chi connectivity index (χ4v) is 3.80. The lowest BCUT2D eigenvalue weighted by Gasteiger charge is -2.41. The smallest absolute Gasteiger partial charge is 0.126 e. The molecule has 0 aromatic heterocycles. The molecule has 2 atom stereocenters. The number of halogens is 1. The minimum atomic E-state index is -0.460. The van der Waals surface area contributed by atoms with E-state index in [0.717, 1.165) is 30.6 Å². The van der Waals surface area contributed by atoms with Gasteiger partial charge in [0.1, 0.15) is 11.4 Å². The van der Waals surface area contributed by atoms with Gasteiger partial charge in [0.05, 0.1) is 6.10 Å². The molecule has 0 saturated heterocycles. The molecule has 1 heterocycles. The molecule has 2 nitrogen and oxygen atoms in total. The number of aliphatic hydroxyl groups is 1. The Bertz CT molecular complexity index is 512. The molecule has 1 saturated carbocycles. The van der Waals surface area contributed by atoms with Gasteiger partial charge in [-0.15, -0.1) is 0 Å². The predicted molar refractivity (Wildman–Crippen MR) is 81.3 cm³/mol. The maximum atomic E-state index is 10.5. The van der Waals surface area contributed by atoms with Crippen LogP contribution in [0.5, 0.6) is 5.75 Å². The van der Waals surface area contributed by atoms with Crippen LogP contribution in [0.2, 0.25) is 5.02 Å². The minimum absolute atomic E-state index is 0.186. The van der Waals surface area contributed by atoms with Crippen molar-refractivity contribution in [1.29, 1.82) is 0 Å². The van der Waals surface area contributed by atoms with Crippen LogP contribution in [-0.4, -0.2) is 10.7 Å². The molecule has 3 heteroatoms. The summed E-state index contributed by atoms with van der Waals surface area (Å²) in [6.07, 6.45) is 5.86. The van der Waals surface area contributed by atoms with E-state index in [9.17, 15) is 5.11 Å². The van der Waals surface area contributed by atoms with Gasteiger partial charge in [0, 0.05) is 17.0 Å². The quantitative estimate of drug-likeness (QED) is 0.738. The molecule has 1 aromatic carbocycles. The summed E-state index contributed by atoms with van der Waals surface area (Å²) in [4.78, 5) is 0. The second-order valence-electron chi connectivity index (χ2n) is 7.20. The molecule has 110 valence electrons. The topological polar surface area (TPSA) is 29.5 Å². The van der Waals surface area contributed by atoms with Gasteiger partial charge in [-0.05, 0) is 55.7 Å². The highest BCUT2D eigenvalue weighted by Gasteiger charge is 2.42. The van der Waals surface area contributed by atoms with Crippen molar-refractivity contribution in [2.24, 2.45) is 5.41 Å². The lowest BCUT2D eigenvalue weighted by atomic mass is 9.81. The van der Waals surface area contributed by atoms with Crippen molar-refractivity contribution in [1.82, 2.24) is 0 Å². The lowest BCUT2D eigenvalue weighted by Crippen LogP contribution is -2.40. The fraction of sp³-hybridized carbons (Fsp3) is 0.647. The van der Waals surface area contributed by atoms with Crippen molar-refractivity contribution in [2.75, 3.05) is 0 Å². The second-order valence-corrected chi connectivity index (χ2v) is 7.64. The van der Waals surface area contributed by atoms with E-state index in [1.54, 1.807) is 0 Å². The van der Waals surface area contributed by atoms with E-state index in [2.05, 4.69) is 13.8 Å². The molecule has 1 aliphatic heterocycles. The van der Waals surface area contributed by atoms with Crippen molar-refractivity contribution < 1.29 is 9.84 Å². The van der Waals surface area contributed by atoms with Gasteiger partial charge < -0.3 is 9.84 Å². The second kappa shape index (κ2) is 4.92. The largest absolute Gasteiger partial charge is 0.487 e. The minimum Gasteiger partial charge on any atom is -0.487 e. The maximum Gasteiger partial charge on any atom is 0.126 e. The van der Waals surface area contributed by atoms with Gasteiger partial charge >= 0.3 is 0 Å². The highest BCUT2D eigenvalue weighted by molar-refractivity contribution is 6.30. The average molecular weight is 295 g/mol. The summed E-state index contributed by atoms with van der Waals surface area (Å²) in [5.74, 6) is 0.813. The van der Waals surface area contributed by atoms with E-state index < -0.39 is 6.10 Å². The molecule has 1 fully saturated rings. The number of hydrogen-bond donors (Lipinski definition) is 1. The SMILES string of the molecule is CC1(C)CCCC2(CC1)C[C@H](O)c1cc(Cl)ccc1O2. The molecular weight excluding hydrogens is 272 g/mol. The van der Waals surface area contributed by atoms with Gasteiger partial charge in [-0.1, -0.05) is 25.4 Å². The van der Waals surface area contributed by atoms with Crippen LogP contribution in [0.1, 0.15) is 64.0 Å². The van der Waals surface area contributed by atoms with Crippen LogP contribution >= 0.6 is 11.6 Å². The summed E-state index contributed by atoms with van der Waals surface area (Å²) >= 11 is 6.02. The Hall–Kier alpha value is -0.730. The molecule has 1 aromatic rings. The summed E-state index contributed by atoms with van der Waals surface area (Å²) in [6, 6.07) is 5.57. The Labute approximate surface area is 126 Å². The van der Waals surface area contributed by atoms with E-state index in [1.165, 1.54) is 12.8 Å². The van der Waals surface area contributed by atoms with E-state index in [-0.39, 0.29) is 5.60 Å².